The number of nitrogens with one attached hydrogen (secondary N) is 1. The van der Waals surface area contributed by atoms with Gasteiger partial charge in [0.2, 0.25) is 0 Å². The smallest absolute Gasteiger partial charge is 0.322 e. The molecule has 3 aromatic rings. The number of nitrogens with zero attached hydrogens (tertiary/aromatic N) is 1. The number of fused-ring (bicyclic) bond motifs is 1. The second-order valence-electron chi connectivity index (χ2n) is 7.30. The minimum atomic E-state index is -0.883. The number of anilines is 1. The fourth-order valence-electron chi connectivity index (χ4n) is 3.90. The summed E-state index contributed by atoms with van der Waals surface area (Å²) in [6, 6.07) is 16.9. The number of hydrogen-bond donors (Lipinski definition) is 1. The molecule has 0 aromatic heterocycles. The van der Waals surface area contributed by atoms with E-state index in [1.807, 2.05) is 48.5 Å². The van der Waals surface area contributed by atoms with Crippen LogP contribution in [0.2, 0.25) is 0 Å². The highest BCUT2D eigenvalue weighted by atomic mass is 19.1. The molecule has 1 N–H and O–H groups in total. The standard InChI is InChI=1S/C24H22F2N2O3/c1-30-19-9-8-16-11-22(15-6-4-3-5-7-15)28(14-17(16)10-19)24(29)27-18-12-20(25)23(31-2)21(26)13-18/h3-10,12-13,22H,11,14H2,1-2H3,(H,27,29)/t22-/m1/s1. The van der Waals surface area contributed by atoms with Crippen molar-refractivity contribution in [3.8, 4) is 11.5 Å². The van der Waals surface area contributed by atoms with Crippen LogP contribution in [0.3, 0.4) is 0 Å². The van der Waals surface area contributed by atoms with Crippen LogP contribution in [0.15, 0.2) is 60.7 Å². The Morgan fingerprint density at radius 2 is 1.68 bits per heavy atom. The van der Waals surface area contributed by atoms with Crippen molar-refractivity contribution in [1.29, 1.82) is 0 Å². The summed E-state index contributed by atoms with van der Waals surface area (Å²) in [5, 5.41) is 2.62. The van der Waals surface area contributed by atoms with Crippen molar-refractivity contribution in [3.63, 3.8) is 0 Å². The van der Waals surface area contributed by atoms with E-state index in [2.05, 4.69) is 5.32 Å². The number of benzene rings is 3. The van der Waals surface area contributed by atoms with Crippen molar-refractivity contribution in [2.75, 3.05) is 19.5 Å². The van der Waals surface area contributed by atoms with Gasteiger partial charge in [-0.3, -0.25) is 0 Å². The number of methoxy groups -OCH3 is 2. The monoisotopic (exact) mass is 424 g/mol. The molecule has 7 heteroatoms. The van der Waals surface area contributed by atoms with Crippen LogP contribution in [-0.2, 0) is 13.0 Å². The summed E-state index contributed by atoms with van der Waals surface area (Å²) in [7, 11) is 2.78. The van der Waals surface area contributed by atoms with Crippen molar-refractivity contribution in [2.24, 2.45) is 0 Å². The maximum atomic E-state index is 14.1. The normalized spacial score (nSPS) is 15.2. The zero-order chi connectivity index (χ0) is 22.0. The molecule has 1 atom stereocenters. The molecule has 3 aromatic carbocycles. The lowest BCUT2D eigenvalue weighted by atomic mass is 9.90. The lowest BCUT2D eigenvalue weighted by Gasteiger charge is -2.37. The number of ether oxygens (including phenoxy) is 2. The summed E-state index contributed by atoms with van der Waals surface area (Å²) in [4.78, 5) is 14.9. The first-order chi connectivity index (χ1) is 15.0. The maximum absolute atomic E-state index is 14.1. The van der Waals surface area contributed by atoms with Crippen molar-refractivity contribution in [2.45, 2.75) is 19.0 Å². The van der Waals surface area contributed by atoms with E-state index in [0.29, 0.717) is 18.7 Å². The molecule has 0 fully saturated rings. The predicted molar refractivity (Wildman–Crippen MR) is 113 cm³/mol. The third-order valence-electron chi connectivity index (χ3n) is 5.44. The molecule has 2 amide bonds. The van der Waals surface area contributed by atoms with Gasteiger partial charge in [0.25, 0.3) is 0 Å². The number of carbonyl (C=O) groups excluding carboxylic acids is 1. The Morgan fingerprint density at radius 1 is 0.968 bits per heavy atom. The zero-order valence-corrected chi connectivity index (χ0v) is 17.2. The molecule has 31 heavy (non-hydrogen) atoms. The van der Waals surface area contributed by atoms with E-state index in [9.17, 15) is 13.6 Å². The van der Waals surface area contributed by atoms with Gasteiger partial charge in [-0.25, -0.2) is 13.6 Å². The molecule has 160 valence electrons. The molecule has 0 aliphatic carbocycles. The molecule has 1 aliphatic heterocycles. The number of rotatable bonds is 4. The third kappa shape index (κ3) is 4.17. The molecular formula is C24H22F2N2O3. The van der Waals surface area contributed by atoms with Gasteiger partial charge in [-0.1, -0.05) is 36.4 Å². The van der Waals surface area contributed by atoms with Crippen molar-refractivity contribution in [1.82, 2.24) is 4.90 Å². The number of carbonyl (C=O) groups is 1. The second kappa shape index (κ2) is 8.63. The Morgan fingerprint density at radius 3 is 2.32 bits per heavy atom. The molecule has 1 heterocycles. The van der Waals surface area contributed by atoms with Gasteiger partial charge in [-0.15, -0.1) is 0 Å². The molecule has 0 radical (unpaired) electrons. The number of halogens is 2. The third-order valence-corrected chi connectivity index (χ3v) is 5.44. The number of urea groups is 1. The van der Waals surface area contributed by atoms with Gasteiger partial charge in [-0.2, -0.15) is 0 Å². The summed E-state index contributed by atoms with van der Waals surface area (Å²) in [6.07, 6.45) is 0.613. The molecule has 0 unspecified atom stereocenters. The quantitative estimate of drug-likeness (QED) is 0.617. The molecule has 0 saturated carbocycles. The lowest BCUT2D eigenvalue weighted by molar-refractivity contribution is 0.176. The van der Waals surface area contributed by atoms with Crippen LogP contribution in [0.4, 0.5) is 19.3 Å². The Kier molecular flexibility index (Phi) is 5.75. The molecule has 0 bridgehead atoms. The highest BCUT2D eigenvalue weighted by Gasteiger charge is 2.31. The summed E-state index contributed by atoms with van der Waals surface area (Å²) in [5.74, 6) is -1.55. The SMILES string of the molecule is COc1ccc2c(c1)CN(C(=O)Nc1cc(F)c(OC)c(F)c1)[C@@H](c1ccccc1)C2. The van der Waals surface area contributed by atoms with Crippen molar-refractivity contribution >= 4 is 11.7 Å². The summed E-state index contributed by atoms with van der Waals surface area (Å²) in [5.41, 5.74) is 3.09. The fourth-order valence-corrected chi connectivity index (χ4v) is 3.90. The van der Waals surface area contributed by atoms with Crippen LogP contribution in [0, 0.1) is 11.6 Å². The molecule has 0 spiro atoms. The largest absolute Gasteiger partial charge is 0.497 e. The van der Waals surface area contributed by atoms with Crippen molar-refractivity contribution in [3.05, 3.63) is 89.0 Å². The van der Waals surface area contributed by atoms with Crippen LogP contribution in [0.5, 0.6) is 11.5 Å². The zero-order valence-electron chi connectivity index (χ0n) is 17.2. The van der Waals surface area contributed by atoms with Gasteiger partial charge in [-0.05, 0) is 35.2 Å². The maximum Gasteiger partial charge on any atom is 0.322 e. The highest BCUT2D eigenvalue weighted by Crippen LogP contribution is 2.35. The van der Waals surface area contributed by atoms with E-state index in [1.165, 1.54) is 7.11 Å². The van der Waals surface area contributed by atoms with E-state index < -0.39 is 23.4 Å². The van der Waals surface area contributed by atoms with Gasteiger partial charge in [0.05, 0.1) is 20.3 Å². The number of hydrogen-bond acceptors (Lipinski definition) is 3. The van der Waals surface area contributed by atoms with Gasteiger partial charge in [0.15, 0.2) is 17.4 Å². The topological polar surface area (TPSA) is 50.8 Å². The van der Waals surface area contributed by atoms with E-state index in [1.54, 1.807) is 12.0 Å². The van der Waals surface area contributed by atoms with E-state index in [4.69, 9.17) is 9.47 Å². The fraction of sp³-hybridized carbons (Fsp3) is 0.208. The Balaban J connectivity index is 1.66. The average Bonchev–Trinajstić information content (AvgIpc) is 2.78. The first kappa shape index (κ1) is 20.7. The highest BCUT2D eigenvalue weighted by molar-refractivity contribution is 5.90. The van der Waals surface area contributed by atoms with Gasteiger partial charge >= 0.3 is 6.03 Å². The molecule has 0 saturated heterocycles. The van der Waals surface area contributed by atoms with Crippen LogP contribution in [0.25, 0.3) is 0 Å². The summed E-state index contributed by atoms with van der Waals surface area (Å²) >= 11 is 0. The van der Waals surface area contributed by atoms with Crippen LogP contribution in [-0.4, -0.2) is 25.2 Å². The van der Waals surface area contributed by atoms with E-state index >= 15 is 0 Å². The van der Waals surface area contributed by atoms with E-state index in [0.717, 1.165) is 28.8 Å². The summed E-state index contributed by atoms with van der Waals surface area (Å²) in [6.45, 7) is 0.332. The predicted octanol–water partition coefficient (Wildman–Crippen LogP) is 5.31. The minimum absolute atomic E-state index is 0.0176. The molecule has 1 aliphatic rings. The first-order valence-corrected chi connectivity index (χ1v) is 9.81. The molecular weight excluding hydrogens is 402 g/mol. The summed E-state index contributed by atoms with van der Waals surface area (Å²) < 4.78 is 38.2. The van der Waals surface area contributed by atoms with Crippen LogP contribution >= 0.6 is 0 Å². The molecule has 5 nitrogen and oxygen atoms in total. The minimum Gasteiger partial charge on any atom is -0.497 e. The van der Waals surface area contributed by atoms with Crippen LogP contribution < -0.4 is 14.8 Å². The molecule has 4 rings (SSSR count). The lowest BCUT2D eigenvalue weighted by Crippen LogP contribution is -2.41. The first-order valence-electron chi connectivity index (χ1n) is 9.81. The van der Waals surface area contributed by atoms with Gasteiger partial charge in [0.1, 0.15) is 5.75 Å². The van der Waals surface area contributed by atoms with Crippen molar-refractivity contribution < 1.29 is 23.0 Å². The Hall–Kier alpha value is -3.61. The van der Waals surface area contributed by atoms with Gasteiger partial charge < -0.3 is 19.7 Å². The Labute approximate surface area is 179 Å². The second-order valence-corrected chi connectivity index (χ2v) is 7.30. The Bertz CT molecular complexity index is 1080. The van der Waals surface area contributed by atoms with Gasteiger partial charge in [0, 0.05) is 24.4 Å². The van der Waals surface area contributed by atoms with Crippen LogP contribution in [0.1, 0.15) is 22.7 Å². The number of amides is 2. The van der Waals surface area contributed by atoms with E-state index in [-0.39, 0.29) is 11.7 Å². The average molecular weight is 424 g/mol.